The van der Waals surface area contributed by atoms with Crippen LogP contribution in [0.5, 0.6) is 0 Å². The van der Waals surface area contributed by atoms with Crippen LogP contribution in [0.2, 0.25) is 5.02 Å². The molecule has 0 amide bonds. The number of nitriles is 1. The number of halogens is 1. The number of nitrogens with one attached hydrogen (secondary N) is 1. The fourth-order valence-corrected chi connectivity index (χ4v) is 1.42. The second-order valence-corrected chi connectivity index (χ2v) is 3.66. The highest BCUT2D eigenvalue weighted by molar-refractivity contribution is 6.32. The summed E-state index contributed by atoms with van der Waals surface area (Å²) in [7, 11) is 1.33. The Balaban J connectivity index is 2.67. The third kappa shape index (κ3) is 3.63. The van der Waals surface area contributed by atoms with Crippen LogP contribution in [0.1, 0.15) is 5.56 Å². The molecule has 0 heterocycles. The maximum atomic E-state index is 10.7. The van der Waals surface area contributed by atoms with Crippen LogP contribution in [0.3, 0.4) is 0 Å². The summed E-state index contributed by atoms with van der Waals surface area (Å²) in [6, 6.07) is 6.72. The number of carbonyl (C=O) groups is 1. The number of ether oxygens (including phenoxy) is 1. The SMILES string of the molecule is COC(CNc1ccc(C#N)c(Cl)c1)C(=O)O. The van der Waals surface area contributed by atoms with Gasteiger partial charge < -0.3 is 15.2 Å². The molecule has 0 fully saturated rings. The third-order valence-corrected chi connectivity index (χ3v) is 2.45. The van der Waals surface area contributed by atoms with Gasteiger partial charge in [-0.15, -0.1) is 0 Å². The topological polar surface area (TPSA) is 82.3 Å². The molecule has 1 unspecified atom stereocenters. The van der Waals surface area contributed by atoms with Crippen molar-refractivity contribution in [3.05, 3.63) is 28.8 Å². The Morgan fingerprint density at radius 2 is 2.41 bits per heavy atom. The number of nitrogens with zero attached hydrogens (tertiary/aromatic N) is 1. The molecule has 0 saturated carbocycles. The molecule has 1 atom stereocenters. The summed E-state index contributed by atoms with van der Waals surface area (Å²) < 4.78 is 4.76. The molecule has 5 nitrogen and oxygen atoms in total. The lowest BCUT2D eigenvalue weighted by atomic mass is 10.2. The van der Waals surface area contributed by atoms with Crippen molar-refractivity contribution in [2.75, 3.05) is 19.0 Å². The van der Waals surface area contributed by atoms with E-state index in [2.05, 4.69) is 5.32 Å². The summed E-state index contributed by atoms with van der Waals surface area (Å²) in [5.41, 5.74) is 1.01. The van der Waals surface area contributed by atoms with Crippen molar-refractivity contribution in [3.63, 3.8) is 0 Å². The molecular formula is C11H11ClN2O3. The summed E-state index contributed by atoms with van der Waals surface area (Å²) in [5, 5.41) is 20.6. The molecule has 0 aliphatic rings. The molecule has 1 aromatic rings. The highest BCUT2D eigenvalue weighted by atomic mass is 35.5. The Hall–Kier alpha value is -1.77. The van der Waals surface area contributed by atoms with Crippen molar-refractivity contribution in [2.45, 2.75) is 6.10 Å². The quantitative estimate of drug-likeness (QED) is 0.836. The molecule has 1 aromatic carbocycles. The molecule has 90 valence electrons. The van der Waals surface area contributed by atoms with Crippen molar-refractivity contribution in [1.29, 1.82) is 5.26 Å². The zero-order valence-electron chi connectivity index (χ0n) is 9.11. The number of hydrogen-bond acceptors (Lipinski definition) is 4. The normalized spacial score (nSPS) is 11.6. The zero-order valence-corrected chi connectivity index (χ0v) is 9.86. The van der Waals surface area contributed by atoms with E-state index in [4.69, 9.17) is 26.7 Å². The van der Waals surface area contributed by atoms with Crippen molar-refractivity contribution < 1.29 is 14.6 Å². The van der Waals surface area contributed by atoms with Crippen LogP contribution in [-0.2, 0) is 9.53 Å². The van der Waals surface area contributed by atoms with Crippen molar-refractivity contribution in [2.24, 2.45) is 0 Å². The molecule has 1 rings (SSSR count). The minimum absolute atomic E-state index is 0.119. The third-order valence-electron chi connectivity index (χ3n) is 2.14. The van der Waals surface area contributed by atoms with E-state index in [0.29, 0.717) is 16.3 Å². The number of benzene rings is 1. The first kappa shape index (κ1) is 13.3. The Labute approximate surface area is 104 Å². The lowest BCUT2D eigenvalue weighted by molar-refractivity contribution is -0.147. The molecular weight excluding hydrogens is 244 g/mol. The lowest BCUT2D eigenvalue weighted by Gasteiger charge is -2.12. The van der Waals surface area contributed by atoms with Gasteiger partial charge in [0.05, 0.1) is 17.1 Å². The van der Waals surface area contributed by atoms with Crippen molar-refractivity contribution >= 4 is 23.3 Å². The van der Waals surface area contributed by atoms with Crippen LogP contribution in [-0.4, -0.2) is 30.8 Å². The van der Waals surface area contributed by atoms with Gasteiger partial charge in [-0.1, -0.05) is 11.6 Å². The molecule has 0 aliphatic carbocycles. The fraction of sp³-hybridized carbons (Fsp3) is 0.273. The summed E-state index contributed by atoms with van der Waals surface area (Å²) in [6.45, 7) is 0.119. The van der Waals surface area contributed by atoms with Crippen LogP contribution in [0, 0.1) is 11.3 Å². The minimum atomic E-state index is -1.04. The highest BCUT2D eigenvalue weighted by Gasteiger charge is 2.15. The van der Waals surface area contributed by atoms with Crippen LogP contribution in [0.15, 0.2) is 18.2 Å². The molecule has 2 N–H and O–H groups in total. The van der Waals surface area contributed by atoms with E-state index in [0.717, 1.165) is 0 Å². The molecule has 0 aliphatic heterocycles. The van der Waals surface area contributed by atoms with E-state index in [1.807, 2.05) is 6.07 Å². The number of methoxy groups -OCH3 is 1. The van der Waals surface area contributed by atoms with Crippen LogP contribution >= 0.6 is 11.6 Å². The van der Waals surface area contributed by atoms with Gasteiger partial charge in [-0.2, -0.15) is 5.26 Å². The van der Waals surface area contributed by atoms with Crippen molar-refractivity contribution in [1.82, 2.24) is 0 Å². The number of aliphatic carboxylic acids is 1. The molecule has 0 aromatic heterocycles. The standard InChI is InChI=1S/C11H11ClN2O3/c1-17-10(11(15)16)6-14-8-3-2-7(5-13)9(12)4-8/h2-4,10,14H,6H2,1H3,(H,15,16). The van der Waals surface area contributed by atoms with E-state index in [1.165, 1.54) is 7.11 Å². The predicted octanol–water partition coefficient (Wildman–Crippen LogP) is 1.72. The molecule has 0 bridgehead atoms. The summed E-state index contributed by atoms with van der Waals surface area (Å²) in [4.78, 5) is 10.7. The number of carboxylic acids is 1. The first-order valence-corrected chi connectivity index (χ1v) is 5.15. The average Bonchev–Trinajstić information content (AvgIpc) is 2.29. The number of hydrogen-bond donors (Lipinski definition) is 2. The van der Waals surface area contributed by atoms with Crippen LogP contribution in [0.4, 0.5) is 5.69 Å². The van der Waals surface area contributed by atoms with E-state index in [9.17, 15) is 4.79 Å². The molecule has 0 radical (unpaired) electrons. The van der Waals surface area contributed by atoms with Gasteiger partial charge in [0.2, 0.25) is 0 Å². The van der Waals surface area contributed by atoms with Gasteiger partial charge in [0.15, 0.2) is 6.10 Å². The van der Waals surface area contributed by atoms with Gasteiger partial charge in [-0.3, -0.25) is 0 Å². The summed E-state index contributed by atoms with van der Waals surface area (Å²) in [5.74, 6) is -1.04. The fourth-order valence-electron chi connectivity index (χ4n) is 1.20. The van der Waals surface area contributed by atoms with E-state index >= 15 is 0 Å². The van der Waals surface area contributed by atoms with Gasteiger partial charge in [0.1, 0.15) is 6.07 Å². The first-order valence-electron chi connectivity index (χ1n) is 4.77. The maximum absolute atomic E-state index is 10.7. The molecule has 0 saturated heterocycles. The summed E-state index contributed by atoms with van der Waals surface area (Å²) >= 11 is 5.83. The van der Waals surface area contributed by atoms with E-state index < -0.39 is 12.1 Å². The van der Waals surface area contributed by atoms with Gasteiger partial charge in [0.25, 0.3) is 0 Å². The largest absolute Gasteiger partial charge is 0.479 e. The van der Waals surface area contributed by atoms with Gasteiger partial charge in [0, 0.05) is 12.8 Å². The Morgan fingerprint density at radius 3 is 2.88 bits per heavy atom. The Kier molecular flexibility index (Phi) is 4.76. The van der Waals surface area contributed by atoms with Gasteiger partial charge in [-0.05, 0) is 18.2 Å². The smallest absolute Gasteiger partial charge is 0.334 e. The second kappa shape index (κ2) is 6.09. The number of carboxylic acid groups (broad SMARTS) is 1. The maximum Gasteiger partial charge on any atom is 0.334 e. The number of rotatable bonds is 5. The van der Waals surface area contributed by atoms with Crippen molar-refractivity contribution in [3.8, 4) is 6.07 Å². The molecule has 6 heteroatoms. The molecule has 17 heavy (non-hydrogen) atoms. The highest BCUT2D eigenvalue weighted by Crippen LogP contribution is 2.20. The zero-order chi connectivity index (χ0) is 12.8. The molecule has 0 spiro atoms. The monoisotopic (exact) mass is 254 g/mol. The lowest BCUT2D eigenvalue weighted by Crippen LogP contribution is -2.30. The number of anilines is 1. The van der Waals surface area contributed by atoms with Gasteiger partial charge >= 0.3 is 5.97 Å². The van der Waals surface area contributed by atoms with Crippen LogP contribution < -0.4 is 5.32 Å². The van der Waals surface area contributed by atoms with E-state index in [1.54, 1.807) is 18.2 Å². The average molecular weight is 255 g/mol. The van der Waals surface area contributed by atoms with E-state index in [-0.39, 0.29) is 6.54 Å². The van der Waals surface area contributed by atoms with Crippen LogP contribution in [0.25, 0.3) is 0 Å². The first-order chi connectivity index (χ1) is 8.08. The minimum Gasteiger partial charge on any atom is -0.479 e. The second-order valence-electron chi connectivity index (χ2n) is 3.25. The Bertz CT molecular complexity index is 457. The Morgan fingerprint density at radius 1 is 1.71 bits per heavy atom. The van der Waals surface area contributed by atoms with Gasteiger partial charge in [-0.25, -0.2) is 4.79 Å². The predicted molar refractivity (Wildman–Crippen MR) is 63.1 cm³/mol. The summed E-state index contributed by atoms with van der Waals surface area (Å²) in [6.07, 6.45) is -0.926.